The number of furan rings is 1. The van der Waals surface area contributed by atoms with Crippen LogP contribution in [0.1, 0.15) is 16.1 Å². The summed E-state index contributed by atoms with van der Waals surface area (Å²) in [5.74, 6) is -1.07. The van der Waals surface area contributed by atoms with Crippen LogP contribution in [0.5, 0.6) is 5.75 Å². The number of Topliss-reactive ketones (excluding diaryl/α,β-unsaturated/α-hetero) is 1. The van der Waals surface area contributed by atoms with Crippen molar-refractivity contribution in [3.8, 4) is 5.75 Å². The first-order valence-electron chi connectivity index (χ1n) is 9.95. The van der Waals surface area contributed by atoms with Gasteiger partial charge in [0.05, 0.1) is 36.2 Å². The molecule has 33 heavy (non-hydrogen) atoms. The van der Waals surface area contributed by atoms with Crippen molar-refractivity contribution in [3.05, 3.63) is 72.2 Å². The maximum Gasteiger partial charge on any atom is 0.261 e. The van der Waals surface area contributed by atoms with Gasteiger partial charge in [-0.25, -0.2) is 8.42 Å². The van der Waals surface area contributed by atoms with Gasteiger partial charge in [0.25, 0.3) is 10.0 Å². The molecule has 1 aromatic heterocycles. The Bertz CT molecular complexity index is 1330. The van der Waals surface area contributed by atoms with Gasteiger partial charge in [0.1, 0.15) is 17.4 Å². The molecule has 4 rings (SSSR count). The minimum absolute atomic E-state index is 0.0655. The lowest BCUT2D eigenvalue weighted by molar-refractivity contribution is -0.131. The molecule has 0 saturated carbocycles. The van der Waals surface area contributed by atoms with Crippen LogP contribution in [0.4, 0.5) is 11.4 Å². The number of hydrogen-bond donors (Lipinski definition) is 1. The molecule has 0 bridgehead atoms. The number of methoxy groups -OCH3 is 1. The van der Waals surface area contributed by atoms with Gasteiger partial charge in [0.15, 0.2) is 5.78 Å². The molecule has 2 heterocycles. The summed E-state index contributed by atoms with van der Waals surface area (Å²) < 4.78 is 38.6. The minimum atomic E-state index is -4.00. The number of benzene rings is 2. The van der Waals surface area contributed by atoms with E-state index >= 15 is 0 Å². The number of aliphatic imine (C=N–C) groups is 1. The molecule has 3 aromatic rings. The van der Waals surface area contributed by atoms with E-state index in [1.54, 1.807) is 37.4 Å². The maximum atomic E-state index is 13.1. The lowest BCUT2D eigenvalue weighted by Crippen LogP contribution is -2.38. The Labute approximate surface area is 190 Å². The summed E-state index contributed by atoms with van der Waals surface area (Å²) >= 11 is 0. The van der Waals surface area contributed by atoms with Crippen LogP contribution in [0.25, 0.3) is 0 Å². The van der Waals surface area contributed by atoms with Crippen molar-refractivity contribution >= 4 is 39.3 Å². The second kappa shape index (κ2) is 8.91. The van der Waals surface area contributed by atoms with E-state index < -0.39 is 27.6 Å². The van der Waals surface area contributed by atoms with Crippen LogP contribution in [0, 0.1) is 5.92 Å². The summed E-state index contributed by atoms with van der Waals surface area (Å²) in [6.07, 6.45) is 2.78. The van der Waals surface area contributed by atoms with Gasteiger partial charge in [-0.2, -0.15) is 0 Å². The van der Waals surface area contributed by atoms with Crippen molar-refractivity contribution < 1.29 is 27.2 Å². The number of fused-ring (bicyclic) bond motifs is 1. The third-order valence-electron chi connectivity index (χ3n) is 5.13. The molecule has 10 heteroatoms. The molecule has 1 atom stereocenters. The minimum Gasteiger partial charge on any atom is -0.497 e. The van der Waals surface area contributed by atoms with Gasteiger partial charge in [0.2, 0.25) is 5.91 Å². The Kier molecular flexibility index (Phi) is 6.01. The van der Waals surface area contributed by atoms with E-state index in [1.807, 2.05) is 0 Å². The highest BCUT2D eigenvalue weighted by atomic mass is 32.2. The third-order valence-corrected chi connectivity index (χ3v) is 6.51. The number of carbonyl (C=O) groups is 2. The second-order valence-corrected chi connectivity index (χ2v) is 9.09. The zero-order valence-corrected chi connectivity index (χ0v) is 18.7. The summed E-state index contributed by atoms with van der Waals surface area (Å²) in [5, 5.41) is 0. The molecule has 0 spiro atoms. The molecule has 0 radical (unpaired) electrons. The van der Waals surface area contributed by atoms with Crippen molar-refractivity contribution in [1.82, 2.24) is 4.90 Å². The Hall–Kier alpha value is -3.92. The first kappa shape index (κ1) is 22.3. The molecule has 170 valence electrons. The summed E-state index contributed by atoms with van der Waals surface area (Å²) in [5.41, 5.74) is 0.679. The number of sulfonamides is 1. The summed E-state index contributed by atoms with van der Waals surface area (Å²) in [6, 6.07) is 13.9. The fraction of sp³-hybridized carbons (Fsp3) is 0.174. The van der Waals surface area contributed by atoms with E-state index in [0.717, 1.165) is 0 Å². The largest absolute Gasteiger partial charge is 0.497 e. The topological polar surface area (TPSA) is 118 Å². The van der Waals surface area contributed by atoms with Crippen LogP contribution >= 0.6 is 0 Å². The number of carbonyl (C=O) groups excluding carboxylic acids is 2. The highest BCUT2D eigenvalue weighted by Crippen LogP contribution is 2.30. The predicted octanol–water partition coefficient (Wildman–Crippen LogP) is 3.26. The lowest BCUT2D eigenvalue weighted by atomic mass is 9.93. The van der Waals surface area contributed by atoms with E-state index in [1.165, 1.54) is 48.8 Å². The average Bonchev–Trinajstić information content (AvgIpc) is 3.31. The number of amides is 1. The van der Waals surface area contributed by atoms with Gasteiger partial charge in [0, 0.05) is 24.9 Å². The maximum absolute atomic E-state index is 13.1. The average molecular weight is 468 g/mol. The molecule has 9 nitrogen and oxygen atoms in total. The normalized spacial score (nSPS) is 15.1. The first-order chi connectivity index (χ1) is 15.8. The highest BCUT2D eigenvalue weighted by molar-refractivity contribution is 7.92. The zero-order valence-electron chi connectivity index (χ0n) is 17.9. The van der Waals surface area contributed by atoms with Crippen LogP contribution < -0.4 is 9.46 Å². The zero-order chi connectivity index (χ0) is 23.6. The van der Waals surface area contributed by atoms with Crippen molar-refractivity contribution in [2.75, 3.05) is 18.9 Å². The first-order valence-corrected chi connectivity index (χ1v) is 11.4. The molecule has 1 aliphatic heterocycles. The van der Waals surface area contributed by atoms with Gasteiger partial charge in [-0.15, -0.1) is 0 Å². The second-order valence-electron chi connectivity index (χ2n) is 7.41. The Morgan fingerprint density at radius 1 is 1.18 bits per heavy atom. The summed E-state index contributed by atoms with van der Waals surface area (Å²) in [4.78, 5) is 31.4. The highest BCUT2D eigenvalue weighted by Gasteiger charge is 2.33. The van der Waals surface area contributed by atoms with Gasteiger partial charge in [-0.05, 0) is 42.5 Å². The van der Waals surface area contributed by atoms with Gasteiger partial charge in [-0.3, -0.25) is 19.3 Å². The van der Waals surface area contributed by atoms with Crippen LogP contribution in [0.15, 0.2) is 75.2 Å². The van der Waals surface area contributed by atoms with Gasteiger partial charge in [-0.1, -0.05) is 6.07 Å². The summed E-state index contributed by atoms with van der Waals surface area (Å²) in [7, 11) is -0.966. The Morgan fingerprint density at radius 3 is 2.73 bits per heavy atom. The van der Waals surface area contributed by atoms with Crippen molar-refractivity contribution in [2.24, 2.45) is 10.9 Å². The lowest BCUT2D eigenvalue weighted by Gasteiger charge is -2.23. The van der Waals surface area contributed by atoms with Crippen molar-refractivity contribution in [1.29, 1.82) is 0 Å². The number of rotatable bonds is 7. The number of nitrogens with one attached hydrogen (secondary N) is 1. The standard InChI is InChI=1S/C23H21N3O6S/c1-26(14-17-7-4-10-32-17)23(28)20-13-24-21-9-8-18(12-19(21)22(20)27)33(29,30)25-15-5-3-6-16(11-15)31-2/h3-13,20,25H,14H2,1-2H3. The summed E-state index contributed by atoms with van der Waals surface area (Å²) in [6.45, 7) is 0.190. The third kappa shape index (κ3) is 4.65. The molecule has 0 saturated heterocycles. The van der Waals surface area contributed by atoms with Gasteiger partial charge < -0.3 is 14.1 Å². The molecule has 1 unspecified atom stereocenters. The van der Waals surface area contributed by atoms with Crippen LogP contribution in [-0.4, -0.2) is 45.4 Å². The molecule has 1 amide bonds. The molecule has 2 aromatic carbocycles. The van der Waals surface area contributed by atoms with Crippen LogP contribution in [-0.2, 0) is 21.4 Å². The van der Waals surface area contributed by atoms with Crippen molar-refractivity contribution in [2.45, 2.75) is 11.4 Å². The smallest absolute Gasteiger partial charge is 0.261 e. The van der Waals surface area contributed by atoms with Gasteiger partial charge >= 0.3 is 0 Å². The predicted molar refractivity (Wildman–Crippen MR) is 121 cm³/mol. The molecule has 0 aliphatic carbocycles. The number of ether oxygens (including phenoxy) is 1. The van der Waals surface area contributed by atoms with E-state index in [4.69, 9.17) is 9.15 Å². The molecular weight excluding hydrogens is 446 g/mol. The van der Waals surface area contributed by atoms with E-state index in [2.05, 4.69) is 9.71 Å². The Balaban J connectivity index is 1.57. The quantitative estimate of drug-likeness (QED) is 0.533. The fourth-order valence-corrected chi connectivity index (χ4v) is 4.49. The molecular formula is C23H21N3O6S. The number of anilines is 1. The molecule has 1 N–H and O–H groups in total. The number of ketones is 1. The fourth-order valence-electron chi connectivity index (χ4n) is 3.41. The van der Waals surface area contributed by atoms with Crippen LogP contribution in [0.3, 0.4) is 0 Å². The number of hydrogen-bond acceptors (Lipinski definition) is 7. The van der Waals surface area contributed by atoms with E-state index in [-0.39, 0.29) is 17.0 Å². The molecule has 0 fully saturated rings. The van der Waals surface area contributed by atoms with E-state index in [9.17, 15) is 18.0 Å². The monoisotopic (exact) mass is 467 g/mol. The SMILES string of the molecule is COc1cccc(NS(=O)(=O)c2ccc3c(c2)C(=O)C(C(=O)N(C)Cc2ccco2)C=N3)c1. The van der Waals surface area contributed by atoms with Crippen LogP contribution in [0.2, 0.25) is 0 Å². The Morgan fingerprint density at radius 2 is 2.00 bits per heavy atom. The molecule has 1 aliphatic rings. The number of nitrogens with zero attached hydrogens (tertiary/aromatic N) is 2. The van der Waals surface area contributed by atoms with E-state index in [0.29, 0.717) is 22.9 Å². The van der Waals surface area contributed by atoms with Crippen molar-refractivity contribution in [3.63, 3.8) is 0 Å².